The van der Waals surface area contributed by atoms with Crippen LogP contribution in [0.3, 0.4) is 0 Å². The molecule has 0 unspecified atom stereocenters. The molecular weight excluding hydrogens is 144 g/mol. The number of nitrogens with one attached hydrogen (secondary N) is 1. The highest BCUT2D eigenvalue weighted by molar-refractivity contribution is 5.99. The van der Waals surface area contributed by atoms with Gasteiger partial charge in [0.05, 0.1) is 6.07 Å². The number of nitriles is 1. The number of rotatable bonds is 1. The molecule has 0 aliphatic heterocycles. The first-order valence-corrected chi connectivity index (χ1v) is 3.34. The molecule has 4 heteroatoms. The number of hydrogen-bond donors (Lipinski definition) is 1. The van der Waals surface area contributed by atoms with Crippen molar-refractivity contribution in [2.24, 2.45) is 5.41 Å². The Labute approximate surface area is 64.2 Å². The minimum Gasteiger partial charge on any atom is -0.295 e. The zero-order valence-corrected chi connectivity index (χ0v) is 6.18. The van der Waals surface area contributed by atoms with E-state index in [4.69, 9.17) is 5.26 Å². The predicted octanol–water partition coefficient (Wildman–Crippen LogP) is -0.0471. The number of imide groups is 1. The van der Waals surface area contributed by atoms with Gasteiger partial charge in [-0.2, -0.15) is 5.26 Å². The lowest BCUT2D eigenvalue weighted by Gasteiger charge is -2.02. The summed E-state index contributed by atoms with van der Waals surface area (Å²) in [4.78, 5) is 21.4. The topological polar surface area (TPSA) is 70.0 Å². The van der Waals surface area contributed by atoms with Gasteiger partial charge in [0.15, 0.2) is 0 Å². The molecule has 0 radical (unpaired) electrons. The largest absolute Gasteiger partial charge is 0.295 e. The van der Waals surface area contributed by atoms with Crippen LogP contribution in [0.5, 0.6) is 0 Å². The van der Waals surface area contributed by atoms with Crippen molar-refractivity contribution in [3.05, 3.63) is 0 Å². The van der Waals surface area contributed by atoms with E-state index in [-0.39, 0.29) is 0 Å². The number of carbonyl (C=O) groups excluding carboxylic acids is 2. The maximum atomic E-state index is 11.0. The molecule has 1 saturated carbocycles. The molecule has 1 aliphatic carbocycles. The first kappa shape index (κ1) is 7.73. The van der Waals surface area contributed by atoms with E-state index in [0.717, 1.165) is 0 Å². The minimum atomic E-state index is -0.883. The second kappa shape index (κ2) is 2.35. The van der Waals surface area contributed by atoms with Gasteiger partial charge in [-0.1, -0.05) is 0 Å². The summed E-state index contributed by atoms with van der Waals surface area (Å²) in [5, 5.41) is 10.6. The lowest BCUT2D eigenvalue weighted by molar-refractivity contribution is -0.131. The van der Waals surface area contributed by atoms with Gasteiger partial charge in [-0.25, -0.2) is 0 Å². The number of hydrogen-bond acceptors (Lipinski definition) is 3. The van der Waals surface area contributed by atoms with Gasteiger partial charge in [0.1, 0.15) is 5.41 Å². The van der Waals surface area contributed by atoms with Crippen molar-refractivity contribution < 1.29 is 9.59 Å². The second-order valence-corrected chi connectivity index (χ2v) is 2.70. The Morgan fingerprint density at radius 1 is 1.55 bits per heavy atom. The Balaban J connectivity index is 2.57. The Morgan fingerprint density at radius 3 is 2.36 bits per heavy atom. The van der Waals surface area contributed by atoms with Crippen molar-refractivity contribution in [3.63, 3.8) is 0 Å². The number of amides is 2. The Kier molecular flexibility index (Phi) is 1.65. The van der Waals surface area contributed by atoms with Crippen LogP contribution in [0.4, 0.5) is 0 Å². The first-order chi connectivity index (χ1) is 5.10. The van der Waals surface area contributed by atoms with Crippen molar-refractivity contribution in [2.45, 2.75) is 19.8 Å². The van der Waals surface area contributed by atoms with Crippen molar-refractivity contribution in [1.29, 1.82) is 5.26 Å². The van der Waals surface area contributed by atoms with Crippen LogP contribution in [0.15, 0.2) is 0 Å². The molecule has 0 heterocycles. The summed E-state index contributed by atoms with van der Waals surface area (Å²) >= 11 is 0. The van der Waals surface area contributed by atoms with Crippen molar-refractivity contribution >= 4 is 11.8 Å². The zero-order valence-electron chi connectivity index (χ0n) is 6.18. The SMILES string of the molecule is CC(=O)NC(=O)C1(C#N)CC1. The zero-order chi connectivity index (χ0) is 8.48. The molecule has 0 aromatic carbocycles. The lowest BCUT2D eigenvalue weighted by atomic mass is 10.1. The fourth-order valence-corrected chi connectivity index (χ4v) is 0.794. The molecule has 11 heavy (non-hydrogen) atoms. The maximum Gasteiger partial charge on any atom is 0.247 e. The summed E-state index contributed by atoms with van der Waals surface area (Å²) in [5.74, 6) is -0.857. The molecule has 1 aliphatic rings. The van der Waals surface area contributed by atoms with Crippen molar-refractivity contribution in [3.8, 4) is 6.07 Å². The van der Waals surface area contributed by atoms with E-state index in [2.05, 4.69) is 5.32 Å². The summed E-state index contributed by atoms with van der Waals surface area (Å²) in [6, 6.07) is 1.89. The summed E-state index contributed by atoms with van der Waals surface area (Å²) in [6.07, 6.45) is 1.14. The van der Waals surface area contributed by atoms with E-state index in [9.17, 15) is 9.59 Å². The molecule has 0 saturated heterocycles. The standard InChI is InChI=1S/C7H8N2O2/c1-5(10)9-6(11)7(4-8)2-3-7/h2-3H2,1H3,(H,9,10,11). The van der Waals surface area contributed by atoms with Gasteiger partial charge in [0.2, 0.25) is 11.8 Å². The number of carbonyl (C=O) groups is 2. The highest BCUT2D eigenvalue weighted by atomic mass is 16.2. The van der Waals surface area contributed by atoms with E-state index < -0.39 is 17.2 Å². The molecule has 0 aromatic rings. The van der Waals surface area contributed by atoms with Gasteiger partial charge in [-0.3, -0.25) is 14.9 Å². The first-order valence-electron chi connectivity index (χ1n) is 3.34. The molecule has 2 amide bonds. The van der Waals surface area contributed by atoms with Crippen molar-refractivity contribution in [1.82, 2.24) is 5.32 Å². The molecule has 1 N–H and O–H groups in total. The van der Waals surface area contributed by atoms with Crippen LogP contribution < -0.4 is 5.32 Å². The molecule has 4 nitrogen and oxygen atoms in total. The fourth-order valence-electron chi connectivity index (χ4n) is 0.794. The van der Waals surface area contributed by atoms with Gasteiger partial charge in [0.25, 0.3) is 0 Å². The number of nitrogens with zero attached hydrogens (tertiary/aromatic N) is 1. The highest BCUT2D eigenvalue weighted by Gasteiger charge is 2.50. The van der Waals surface area contributed by atoms with Crippen molar-refractivity contribution in [2.75, 3.05) is 0 Å². The van der Waals surface area contributed by atoms with Crippen LogP contribution in [0.2, 0.25) is 0 Å². The fraction of sp³-hybridized carbons (Fsp3) is 0.571. The van der Waals surface area contributed by atoms with Crippen LogP contribution >= 0.6 is 0 Å². The molecule has 0 aromatic heterocycles. The van der Waals surface area contributed by atoms with Gasteiger partial charge in [-0.05, 0) is 12.8 Å². The third kappa shape index (κ3) is 1.37. The molecule has 58 valence electrons. The summed E-state index contributed by atoms with van der Waals surface area (Å²) in [7, 11) is 0. The molecule has 0 bridgehead atoms. The summed E-state index contributed by atoms with van der Waals surface area (Å²) in [5.41, 5.74) is -0.883. The second-order valence-electron chi connectivity index (χ2n) is 2.70. The third-order valence-electron chi connectivity index (χ3n) is 1.69. The monoisotopic (exact) mass is 152 g/mol. The van der Waals surface area contributed by atoms with E-state index in [0.29, 0.717) is 12.8 Å². The lowest BCUT2D eigenvalue weighted by Crippen LogP contribution is -2.34. The average molecular weight is 152 g/mol. The average Bonchev–Trinajstić information content (AvgIpc) is 2.65. The van der Waals surface area contributed by atoms with Gasteiger partial charge < -0.3 is 0 Å². The minimum absolute atomic E-state index is 0.406. The van der Waals surface area contributed by atoms with Gasteiger partial charge >= 0.3 is 0 Å². The van der Waals surface area contributed by atoms with Crippen LogP contribution in [0, 0.1) is 16.7 Å². The van der Waals surface area contributed by atoms with Crippen LogP contribution in [0.25, 0.3) is 0 Å². The highest BCUT2D eigenvalue weighted by Crippen LogP contribution is 2.44. The summed E-state index contributed by atoms with van der Waals surface area (Å²) < 4.78 is 0. The summed E-state index contributed by atoms with van der Waals surface area (Å²) in [6.45, 7) is 1.26. The maximum absolute atomic E-state index is 11.0. The predicted molar refractivity (Wildman–Crippen MR) is 36.1 cm³/mol. The molecule has 1 rings (SSSR count). The Morgan fingerprint density at radius 2 is 2.09 bits per heavy atom. The molecule has 1 fully saturated rings. The molecule has 0 atom stereocenters. The van der Waals surface area contributed by atoms with E-state index in [1.54, 1.807) is 0 Å². The smallest absolute Gasteiger partial charge is 0.247 e. The Hall–Kier alpha value is -1.37. The van der Waals surface area contributed by atoms with Crippen LogP contribution in [-0.4, -0.2) is 11.8 Å². The van der Waals surface area contributed by atoms with E-state index >= 15 is 0 Å². The quantitative estimate of drug-likeness (QED) is 0.572. The third-order valence-corrected chi connectivity index (χ3v) is 1.69. The Bertz CT molecular complexity index is 248. The van der Waals surface area contributed by atoms with Gasteiger partial charge in [0, 0.05) is 6.92 Å². The van der Waals surface area contributed by atoms with E-state index in [1.165, 1.54) is 6.92 Å². The van der Waals surface area contributed by atoms with Crippen LogP contribution in [0.1, 0.15) is 19.8 Å². The van der Waals surface area contributed by atoms with Gasteiger partial charge in [-0.15, -0.1) is 0 Å². The van der Waals surface area contributed by atoms with Crippen LogP contribution in [-0.2, 0) is 9.59 Å². The molecule has 0 spiro atoms. The molecular formula is C7H8N2O2. The van der Waals surface area contributed by atoms with E-state index in [1.807, 2.05) is 6.07 Å². The normalized spacial score (nSPS) is 18.2.